The molecule has 0 aromatic heterocycles. The first-order valence-electron chi connectivity index (χ1n) is 6.00. The summed E-state index contributed by atoms with van der Waals surface area (Å²) in [5.74, 6) is 0.0975. The predicted molar refractivity (Wildman–Crippen MR) is 71.5 cm³/mol. The van der Waals surface area contributed by atoms with Crippen LogP contribution in [0.15, 0.2) is 22.7 Å². The molecule has 1 aliphatic heterocycles. The molecule has 0 spiro atoms. The molecule has 2 rings (SSSR count). The molecule has 0 saturated carbocycles. The zero-order valence-electron chi connectivity index (χ0n) is 10.2. The average Bonchev–Trinajstić information content (AvgIpc) is 2.76. The normalized spacial score (nSPS) is 23.1. The van der Waals surface area contributed by atoms with Crippen molar-refractivity contribution in [2.24, 2.45) is 11.8 Å². The van der Waals surface area contributed by atoms with Crippen LogP contribution in [0.4, 0.5) is 4.39 Å². The second kappa shape index (κ2) is 5.80. The summed E-state index contributed by atoms with van der Waals surface area (Å²) in [5.41, 5.74) is 0.752. The standard InChI is InChI=1S/C13H16BrFN2O/c1-8-5-16-7-11(8)13(18)17-6-9-4-10(15)2-3-12(9)14/h2-4,8,11,16H,5-7H2,1H3,(H,17,18). The van der Waals surface area contributed by atoms with Gasteiger partial charge in [-0.3, -0.25) is 4.79 Å². The van der Waals surface area contributed by atoms with Gasteiger partial charge in [0.2, 0.25) is 5.91 Å². The van der Waals surface area contributed by atoms with Crippen molar-refractivity contribution >= 4 is 21.8 Å². The van der Waals surface area contributed by atoms with Crippen LogP contribution in [-0.4, -0.2) is 19.0 Å². The van der Waals surface area contributed by atoms with Gasteiger partial charge in [-0.1, -0.05) is 22.9 Å². The van der Waals surface area contributed by atoms with Gasteiger partial charge in [0.25, 0.3) is 0 Å². The van der Waals surface area contributed by atoms with E-state index in [-0.39, 0.29) is 17.6 Å². The monoisotopic (exact) mass is 314 g/mol. The SMILES string of the molecule is CC1CNCC1C(=O)NCc1cc(F)ccc1Br. The van der Waals surface area contributed by atoms with Crippen LogP contribution in [0.2, 0.25) is 0 Å². The summed E-state index contributed by atoms with van der Waals surface area (Å²) in [6.07, 6.45) is 0. The Balaban J connectivity index is 1.95. The molecule has 1 aromatic carbocycles. The Morgan fingerprint density at radius 3 is 3.00 bits per heavy atom. The molecule has 98 valence electrons. The number of carbonyl (C=O) groups excluding carboxylic acids is 1. The minimum Gasteiger partial charge on any atom is -0.352 e. The maximum atomic E-state index is 13.1. The van der Waals surface area contributed by atoms with Gasteiger partial charge in [-0.2, -0.15) is 0 Å². The summed E-state index contributed by atoms with van der Waals surface area (Å²) in [7, 11) is 0. The number of nitrogens with one attached hydrogen (secondary N) is 2. The Kier molecular flexibility index (Phi) is 4.35. The number of hydrogen-bond donors (Lipinski definition) is 2. The predicted octanol–water partition coefficient (Wildman–Crippen LogP) is 2.06. The molecule has 2 atom stereocenters. The fourth-order valence-electron chi connectivity index (χ4n) is 2.15. The molecule has 1 aliphatic rings. The van der Waals surface area contributed by atoms with E-state index in [0.717, 1.165) is 23.1 Å². The minimum absolute atomic E-state index is 0.0114. The van der Waals surface area contributed by atoms with Crippen LogP contribution < -0.4 is 10.6 Å². The summed E-state index contributed by atoms with van der Waals surface area (Å²) in [5, 5.41) is 6.06. The third kappa shape index (κ3) is 3.09. The Morgan fingerprint density at radius 2 is 2.33 bits per heavy atom. The smallest absolute Gasteiger partial charge is 0.224 e. The van der Waals surface area contributed by atoms with Gasteiger partial charge in [-0.15, -0.1) is 0 Å². The number of halogens is 2. The van der Waals surface area contributed by atoms with Gasteiger partial charge >= 0.3 is 0 Å². The van der Waals surface area contributed by atoms with Gasteiger partial charge in [-0.25, -0.2) is 4.39 Å². The molecule has 1 amide bonds. The molecule has 5 heteroatoms. The molecule has 1 saturated heterocycles. The summed E-state index contributed by atoms with van der Waals surface area (Å²) in [6, 6.07) is 4.47. The van der Waals surface area contributed by atoms with Crippen molar-refractivity contribution in [2.75, 3.05) is 13.1 Å². The zero-order valence-corrected chi connectivity index (χ0v) is 11.8. The molecule has 1 aromatic rings. The van der Waals surface area contributed by atoms with E-state index in [1.807, 2.05) is 0 Å². The Labute approximate surface area is 114 Å². The van der Waals surface area contributed by atoms with Crippen LogP contribution in [-0.2, 0) is 11.3 Å². The van der Waals surface area contributed by atoms with Crippen molar-refractivity contribution in [1.82, 2.24) is 10.6 Å². The van der Waals surface area contributed by atoms with Crippen LogP contribution in [0, 0.1) is 17.7 Å². The first-order valence-corrected chi connectivity index (χ1v) is 6.79. The lowest BCUT2D eigenvalue weighted by atomic mass is 9.97. The Bertz CT molecular complexity index is 453. The van der Waals surface area contributed by atoms with E-state index >= 15 is 0 Å². The summed E-state index contributed by atoms with van der Waals surface area (Å²) < 4.78 is 13.9. The molecular formula is C13H16BrFN2O. The molecule has 1 fully saturated rings. The Hall–Kier alpha value is -0.940. The molecule has 2 N–H and O–H groups in total. The van der Waals surface area contributed by atoms with Gasteiger partial charge in [0.1, 0.15) is 5.82 Å². The molecule has 1 heterocycles. The summed E-state index contributed by atoms with van der Waals surface area (Å²) in [6.45, 7) is 4.00. The molecule has 0 radical (unpaired) electrons. The lowest BCUT2D eigenvalue weighted by Crippen LogP contribution is -2.34. The minimum atomic E-state index is -0.293. The molecule has 0 bridgehead atoms. The number of carbonyl (C=O) groups is 1. The van der Waals surface area contributed by atoms with Crippen LogP contribution in [0.25, 0.3) is 0 Å². The lowest BCUT2D eigenvalue weighted by Gasteiger charge is -2.14. The van der Waals surface area contributed by atoms with Crippen molar-refractivity contribution in [3.05, 3.63) is 34.1 Å². The van der Waals surface area contributed by atoms with Crippen LogP contribution in [0.3, 0.4) is 0 Å². The largest absolute Gasteiger partial charge is 0.352 e. The van der Waals surface area contributed by atoms with E-state index in [1.165, 1.54) is 12.1 Å². The van der Waals surface area contributed by atoms with Crippen LogP contribution in [0.5, 0.6) is 0 Å². The van der Waals surface area contributed by atoms with Crippen molar-refractivity contribution in [3.63, 3.8) is 0 Å². The summed E-state index contributed by atoms with van der Waals surface area (Å²) >= 11 is 3.35. The van der Waals surface area contributed by atoms with E-state index in [1.54, 1.807) is 6.07 Å². The van der Waals surface area contributed by atoms with Crippen LogP contribution >= 0.6 is 15.9 Å². The van der Waals surface area contributed by atoms with Gasteiger partial charge < -0.3 is 10.6 Å². The first kappa shape index (κ1) is 13.5. The van der Waals surface area contributed by atoms with Crippen LogP contribution in [0.1, 0.15) is 12.5 Å². The fraction of sp³-hybridized carbons (Fsp3) is 0.462. The maximum Gasteiger partial charge on any atom is 0.224 e. The van der Waals surface area contributed by atoms with E-state index in [2.05, 4.69) is 33.5 Å². The highest BCUT2D eigenvalue weighted by Crippen LogP contribution is 2.19. The highest BCUT2D eigenvalue weighted by Gasteiger charge is 2.29. The quantitative estimate of drug-likeness (QED) is 0.896. The molecular weight excluding hydrogens is 299 g/mol. The highest BCUT2D eigenvalue weighted by atomic mass is 79.9. The van der Waals surface area contributed by atoms with Gasteiger partial charge in [0.05, 0.1) is 5.92 Å². The first-order chi connectivity index (χ1) is 8.58. The van der Waals surface area contributed by atoms with Gasteiger partial charge in [-0.05, 0) is 36.2 Å². The van der Waals surface area contributed by atoms with E-state index in [9.17, 15) is 9.18 Å². The van der Waals surface area contributed by atoms with E-state index in [4.69, 9.17) is 0 Å². The number of amides is 1. The third-order valence-electron chi connectivity index (χ3n) is 3.32. The fourth-order valence-corrected chi connectivity index (χ4v) is 2.54. The number of hydrogen-bond acceptors (Lipinski definition) is 2. The molecule has 3 nitrogen and oxygen atoms in total. The third-order valence-corrected chi connectivity index (χ3v) is 4.09. The van der Waals surface area contributed by atoms with Crippen molar-refractivity contribution in [2.45, 2.75) is 13.5 Å². The van der Waals surface area contributed by atoms with Crippen molar-refractivity contribution in [1.29, 1.82) is 0 Å². The summed E-state index contributed by atoms with van der Waals surface area (Å²) in [4.78, 5) is 12.0. The molecule has 18 heavy (non-hydrogen) atoms. The van der Waals surface area contributed by atoms with E-state index in [0.29, 0.717) is 12.5 Å². The molecule has 0 aliphatic carbocycles. The second-order valence-electron chi connectivity index (χ2n) is 4.70. The van der Waals surface area contributed by atoms with Crippen molar-refractivity contribution < 1.29 is 9.18 Å². The van der Waals surface area contributed by atoms with Gasteiger partial charge in [0.15, 0.2) is 0 Å². The number of rotatable bonds is 3. The second-order valence-corrected chi connectivity index (χ2v) is 5.55. The Morgan fingerprint density at radius 1 is 1.56 bits per heavy atom. The maximum absolute atomic E-state index is 13.1. The van der Waals surface area contributed by atoms with Gasteiger partial charge in [0, 0.05) is 17.6 Å². The number of benzene rings is 1. The van der Waals surface area contributed by atoms with E-state index < -0.39 is 0 Å². The van der Waals surface area contributed by atoms with Crippen molar-refractivity contribution in [3.8, 4) is 0 Å². The average molecular weight is 315 g/mol. The zero-order chi connectivity index (χ0) is 13.1. The molecule has 2 unspecified atom stereocenters. The highest BCUT2D eigenvalue weighted by molar-refractivity contribution is 9.10. The topological polar surface area (TPSA) is 41.1 Å². The lowest BCUT2D eigenvalue weighted by molar-refractivity contribution is -0.125.